The molecule has 0 bridgehead atoms. The first-order valence-electron chi connectivity index (χ1n) is 3.66. The molecule has 0 amide bonds. The Morgan fingerprint density at radius 2 is 2.15 bits per heavy atom. The summed E-state index contributed by atoms with van der Waals surface area (Å²) in [6, 6.07) is 0. The van der Waals surface area contributed by atoms with Gasteiger partial charge in [0.1, 0.15) is 17.9 Å². The summed E-state index contributed by atoms with van der Waals surface area (Å²) in [5.41, 5.74) is 2.89. The van der Waals surface area contributed by atoms with E-state index in [0.29, 0.717) is 0 Å². The third-order valence-corrected chi connectivity index (χ3v) is 1.96. The first-order chi connectivity index (χ1) is 5.84. The van der Waals surface area contributed by atoms with Gasteiger partial charge in [-0.2, -0.15) is 0 Å². The Hall–Kier alpha value is -0.950. The molecule has 1 aliphatic carbocycles. The Bertz CT molecular complexity index is 260. The van der Waals surface area contributed by atoms with Gasteiger partial charge in [0.05, 0.1) is 0 Å². The zero-order valence-electron chi connectivity index (χ0n) is 6.71. The molecule has 0 aromatic heterocycles. The first-order valence-corrected chi connectivity index (χ1v) is 3.66. The molecule has 6 N–H and O–H groups in total. The summed E-state index contributed by atoms with van der Waals surface area (Å²) in [6.07, 6.45) is -2.43. The number of hydrogen-bond donors (Lipinski definition) is 5. The van der Waals surface area contributed by atoms with E-state index in [2.05, 4.69) is 0 Å². The Balaban J connectivity index is 2.95. The Morgan fingerprint density at radius 3 is 2.54 bits per heavy atom. The minimum absolute atomic E-state index is 0.206. The van der Waals surface area contributed by atoms with Crippen LogP contribution in [0.3, 0.4) is 0 Å². The molecule has 1 rings (SSSR count). The van der Waals surface area contributed by atoms with E-state index in [0.717, 1.165) is 6.08 Å². The van der Waals surface area contributed by atoms with Crippen LogP contribution in [0.1, 0.15) is 6.42 Å². The maximum atomic E-state index is 10.5. The molecular formula is C7H11NO5. The van der Waals surface area contributed by atoms with Crippen LogP contribution in [0.2, 0.25) is 0 Å². The van der Waals surface area contributed by atoms with Crippen LogP contribution in [0.5, 0.6) is 0 Å². The van der Waals surface area contributed by atoms with Gasteiger partial charge in [-0.25, -0.2) is 4.79 Å². The molecular weight excluding hydrogens is 178 g/mol. The highest BCUT2D eigenvalue weighted by atomic mass is 16.4. The lowest BCUT2D eigenvalue weighted by molar-refractivity contribution is -0.139. The largest absolute Gasteiger partial charge is 0.478 e. The fourth-order valence-electron chi connectivity index (χ4n) is 1.21. The molecule has 13 heavy (non-hydrogen) atoms. The van der Waals surface area contributed by atoms with E-state index < -0.39 is 23.9 Å². The summed E-state index contributed by atoms with van der Waals surface area (Å²) < 4.78 is 0. The van der Waals surface area contributed by atoms with Crippen molar-refractivity contribution in [3.8, 4) is 0 Å². The molecule has 0 saturated heterocycles. The van der Waals surface area contributed by atoms with Gasteiger partial charge in [-0.3, -0.25) is 0 Å². The van der Waals surface area contributed by atoms with Crippen LogP contribution in [0.25, 0.3) is 0 Å². The molecule has 1 aliphatic rings. The van der Waals surface area contributed by atoms with Crippen molar-refractivity contribution in [3.05, 3.63) is 11.6 Å². The molecule has 0 saturated carbocycles. The van der Waals surface area contributed by atoms with E-state index in [1.807, 2.05) is 0 Å². The van der Waals surface area contributed by atoms with E-state index in [1.165, 1.54) is 0 Å². The fraction of sp³-hybridized carbons (Fsp3) is 0.571. The summed E-state index contributed by atoms with van der Waals surface area (Å²) in [5.74, 6) is -1.27. The highest BCUT2D eigenvalue weighted by Gasteiger charge is 2.41. The molecule has 0 spiro atoms. The monoisotopic (exact) mass is 189 g/mol. The lowest BCUT2D eigenvalue weighted by Crippen LogP contribution is -2.58. The highest BCUT2D eigenvalue weighted by molar-refractivity contribution is 5.87. The van der Waals surface area contributed by atoms with E-state index >= 15 is 0 Å². The molecule has 0 fully saturated rings. The van der Waals surface area contributed by atoms with Gasteiger partial charge in [-0.05, 0) is 6.08 Å². The van der Waals surface area contributed by atoms with Crippen molar-refractivity contribution in [1.29, 1.82) is 0 Å². The summed E-state index contributed by atoms with van der Waals surface area (Å²) in [6.45, 7) is 0. The summed E-state index contributed by atoms with van der Waals surface area (Å²) in [5, 5.41) is 36.1. The van der Waals surface area contributed by atoms with Gasteiger partial charge < -0.3 is 26.2 Å². The van der Waals surface area contributed by atoms with Gasteiger partial charge in [0.25, 0.3) is 0 Å². The SMILES string of the molecule is NC1(O)CC(C(=O)O)=CC(O)C1O. The van der Waals surface area contributed by atoms with Crippen molar-refractivity contribution < 1.29 is 25.2 Å². The van der Waals surface area contributed by atoms with Crippen LogP contribution >= 0.6 is 0 Å². The average Bonchev–Trinajstić information content (AvgIpc) is 1.99. The lowest BCUT2D eigenvalue weighted by Gasteiger charge is -2.34. The number of carboxylic acid groups (broad SMARTS) is 1. The van der Waals surface area contributed by atoms with E-state index in [9.17, 15) is 9.90 Å². The van der Waals surface area contributed by atoms with E-state index in [4.69, 9.17) is 21.1 Å². The predicted octanol–water partition coefficient (Wildman–Crippen LogP) is -2.23. The van der Waals surface area contributed by atoms with Gasteiger partial charge in [0, 0.05) is 12.0 Å². The van der Waals surface area contributed by atoms with Gasteiger partial charge in [-0.1, -0.05) is 0 Å². The number of aliphatic hydroxyl groups excluding tert-OH is 2. The first kappa shape index (κ1) is 10.1. The van der Waals surface area contributed by atoms with Crippen LogP contribution in [-0.2, 0) is 4.79 Å². The number of carboxylic acids is 1. The van der Waals surface area contributed by atoms with Crippen molar-refractivity contribution >= 4 is 5.97 Å². The van der Waals surface area contributed by atoms with Crippen molar-refractivity contribution in [3.63, 3.8) is 0 Å². The van der Waals surface area contributed by atoms with Crippen molar-refractivity contribution in [2.45, 2.75) is 24.4 Å². The van der Waals surface area contributed by atoms with E-state index in [1.54, 1.807) is 0 Å². The zero-order chi connectivity index (χ0) is 10.2. The maximum absolute atomic E-state index is 10.5. The van der Waals surface area contributed by atoms with Crippen LogP contribution in [-0.4, -0.2) is 44.3 Å². The van der Waals surface area contributed by atoms with Gasteiger partial charge in [0.2, 0.25) is 0 Å². The van der Waals surface area contributed by atoms with Crippen LogP contribution < -0.4 is 5.73 Å². The van der Waals surface area contributed by atoms with Crippen LogP contribution in [0, 0.1) is 0 Å². The van der Waals surface area contributed by atoms with E-state index in [-0.39, 0.29) is 12.0 Å². The molecule has 0 heterocycles. The lowest BCUT2D eigenvalue weighted by atomic mass is 9.87. The molecule has 74 valence electrons. The molecule has 3 atom stereocenters. The second-order valence-corrected chi connectivity index (χ2v) is 3.10. The predicted molar refractivity (Wildman–Crippen MR) is 41.5 cm³/mol. The van der Waals surface area contributed by atoms with Gasteiger partial charge >= 0.3 is 5.97 Å². The number of hydrogen-bond acceptors (Lipinski definition) is 5. The highest BCUT2D eigenvalue weighted by Crippen LogP contribution is 2.24. The van der Waals surface area contributed by atoms with Crippen molar-refractivity contribution in [2.75, 3.05) is 0 Å². The number of aliphatic carboxylic acids is 1. The normalized spacial score (nSPS) is 39.8. The molecule has 6 heteroatoms. The maximum Gasteiger partial charge on any atom is 0.331 e. The summed E-state index contributed by atoms with van der Waals surface area (Å²) >= 11 is 0. The molecule has 0 aromatic carbocycles. The fourth-order valence-corrected chi connectivity index (χ4v) is 1.21. The van der Waals surface area contributed by atoms with Gasteiger partial charge in [-0.15, -0.1) is 0 Å². The minimum atomic E-state index is -2.08. The molecule has 6 nitrogen and oxygen atoms in total. The third-order valence-electron chi connectivity index (χ3n) is 1.96. The van der Waals surface area contributed by atoms with Gasteiger partial charge in [0.15, 0.2) is 0 Å². The topological polar surface area (TPSA) is 124 Å². The summed E-state index contributed by atoms with van der Waals surface area (Å²) in [7, 11) is 0. The number of rotatable bonds is 1. The third kappa shape index (κ3) is 1.86. The quantitative estimate of drug-likeness (QED) is 0.297. The summed E-state index contributed by atoms with van der Waals surface area (Å²) in [4.78, 5) is 10.5. The molecule has 0 aromatic rings. The molecule has 3 unspecified atom stereocenters. The second kappa shape index (κ2) is 3.08. The molecule has 0 aliphatic heterocycles. The number of carbonyl (C=O) groups is 1. The Kier molecular flexibility index (Phi) is 2.40. The second-order valence-electron chi connectivity index (χ2n) is 3.10. The number of nitrogens with two attached hydrogens (primary N) is 1. The zero-order valence-corrected chi connectivity index (χ0v) is 6.71. The Labute approximate surface area is 73.9 Å². The Morgan fingerprint density at radius 1 is 1.62 bits per heavy atom. The minimum Gasteiger partial charge on any atom is -0.478 e. The van der Waals surface area contributed by atoms with Crippen molar-refractivity contribution in [2.24, 2.45) is 5.73 Å². The van der Waals surface area contributed by atoms with Crippen LogP contribution in [0.4, 0.5) is 0 Å². The molecule has 0 radical (unpaired) electrons. The average molecular weight is 189 g/mol. The van der Waals surface area contributed by atoms with Crippen LogP contribution in [0.15, 0.2) is 11.6 Å². The number of aliphatic hydroxyl groups is 3. The van der Waals surface area contributed by atoms with Crippen molar-refractivity contribution in [1.82, 2.24) is 0 Å². The standard InChI is InChI=1S/C7H11NO5/c8-7(13)2-3(6(11)12)1-4(9)5(7)10/h1,4-5,9-10,13H,2,8H2,(H,11,12). The smallest absolute Gasteiger partial charge is 0.331 e.